The summed E-state index contributed by atoms with van der Waals surface area (Å²) in [6.45, 7) is 3.13. The van der Waals surface area contributed by atoms with Gasteiger partial charge in [-0.1, -0.05) is 23.2 Å². The van der Waals surface area contributed by atoms with E-state index in [-0.39, 0.29) is 34.1 Å². The maximum Gasteiger partial charge on any atom is 0.227 e. The van der Waals surface area contributed by atoms with Gasteiger partial charge in [0.15, 0.2) is 17.2 Å². The van der Waals surface area contributed by atoms with Gasteiger partial charge >= 0.3 is 0 Å². The van der Waals surface area contributed by atoms with E-state index in [0.717, 1.165) is 55.6 Å². The number of amides is 1. The molecule has 0 bridgehead atoms. The van der Waals surface area contributed by atoms with Crippen molar-refractivity contribution in [2.24, 2.45) is 0 Å². The van der Waals surface area contributed by atoms with Gasteiger partial charge in [0.25, 0.3) is 0 Å². The molecule has 9 heteroatoms. The van der Waals surface area contributed by atoms with Crippen molar-refractivity contribution < 1.29 is 19.4 Å². The summed E-state index contributed by atoms with van der Waals surface area (Å²) in [5.74, 6) is 1.42. The van der Waals surface area contributed by atoms with Crippen LogP contribution < -0.4 is 9.47 Å². The number of likely N-dealkylation sites (N-methyl/N-ethyl adjacent to an activating group) is 1. The summed E-state index contributed by atoms with van der Waals surface area (Å²) in [7, 11) is 5.29. The van der Waals surface area contributed by atoms with Crippen LogP contribution in [0, 0.1) is 0 Å². The molecule has 1 aliphatic heterocycles. The molecule has 0 radical (unpaired) electrons. The van der Waals surface area contributed by atoms with Gasteiger partial charge in [0.2, 0.25) is 5.91 Å². The quantitative estimate of drug-likeness (QED) is 0.525. The second-order valence-electron chi connectivity index (χ2n) is 8.10. The van der Waals surface area contributed by atoms with Crippen LogP contribution in [0.4, 0.5) is 0 Å². The number of ether oxygens (including phenoxy) is 2. The Balaban J connectivity index is 0.00000385. The molecule has 0 saturated heterocycles. The van der Waals surface area contributed by atoms with Gasteiger partial charge in [-0.2, -0.15) is 0 Å². The number of phenolic OH excluding ortho intramolecular Hbond substituents is 1. The van der Waals surface area contributed by atoms with Crippen LogP contribution in [0.15, 0.2) is 24.3 Å². The van der Waals surface area contributed by atoms with E-state index in [1.807, 2.05) is 17.0 Å². The summed E-state index contributed by atoms with van der Waals surface area (Å²) in [5.41, 5.74) is 3.14. The molecule has 0 spiro atoms. The predicted octanol–water partition coefficient (Wildman–Crippen LogP) is 4.63. The topological polar surface area (TPSA) is 62.2 Å². The lowest BCUT2D eigenvalue weighted by atomic mass is 10.0. The first-order valence-corrected chi connectivity index (χ1v) is 11.4. The number of benzene rings is 2. The standard InChI is InChI=1S/C24H30Cl2N2O4.ClH/c1-27(9-5-16-11-19(25)24(30)20(26)12-16)7-4-8-28-10-6-17-13-21(31-2)22(32-3)14-18(17)15-23(28)29;/h11-14,30H,4-10,15H2,1-3H3;1H. The minimum absolute atomic E-state index is 0. The van der Waals surface area contributed by atoms with Crippen LogP contribution in [0.3, 0.4) is 0 Å². The lowest BCUT2D eigenvalue weighted by Gasteiger charge is -2.23. The Hall–Kier alpha value is -1.86. The van der Waals surface area contributed by atoms with Crippen molar-refractivity contribution in [1.29, 1.82) is 0 Å². The van der Waals surface area contributed by atoms with Gasteiger partial charge in [-0.25, -0.2) is 0 Å². The van der Waals surface area contributed by atoms with E-state index in [2.05, 4.69) is 11.9 Å². The van der Waals surface area contributed by atoms with E-state index in [1.54, 1.807) is 26.4 Å². The number of hydrogen-bond acceptors (Lipinski definition) is 5. The number of hydrogen-bond donors (Lipinski definition) is 1. The summed E-state index contributed by atoms with van der Waals surface area (Å²) in [4.78, 5) is 17.0. The first-order chi connectivity index (χ1) is 15.3. The highest BCUT2D eigenvalue weighted by atomic mass is 35.5. The number of carbonyl (C=O) groups excluding carboxylic acids is 1. The fraction of sp³-hybridized carbons (Fsp3) is 0.458. The molecule has 3 rings (SSSR count). The van der Waals surface area contributed by atoms with Gasteiger partial charge in [-0.15, -0.1) is 12.4 Å². The predicted molar refractivity (Wildman–Crippen MR) is 135 cm³/mol. The van der Waals surface area contributed by atoms with Crippen molar-refractivity contribution >= 4 is 41.5 Å². The Bertz CT molecular complexity index is 948. The van der Waals surface area contributed by atoms with Crippen molar-refractivity contribution in [1.82, 2.24) is 9.80 Å². The minimum Gasteiger partial charge on any atom is -0.505 e. The number of phenols is 1. The second kappa shape index (κ2) is 12.6. The first kappa shape index (κ1) is 27.4. The number of methoxy groups -OCH3 is 2. The molecule has 2 aromatic rings. The van der Waals surface area contributed by atoms with Gasteiger partial charge in [0.1, 0.15) is 0 Å². The van der Waals surface area contributed by atoms with Crippen LogP contribution in [0.25, 0.3) is 0 Å². The summed E-state index contributed by atoms with van der Waals surface area (Å²) in [6, 6.07) is 7.40. The Morgan fingerprint density at radius 3 is 2.24 bits per heavy atom. The van der Waals surface area contributed by atoms with Gasteiger partial charge in [-0.05, 0) is 73.8 Å². The molecule has 1 aliphatic rings. The Morgan fingerprint density at radius 1 is 1.03 bits per heavy atom. The van der Waals surface area contributed by atoms with Crippen LogP contribution in [0.5, 0.6) is 17.2 Å². The number of nitrogens with zero attached hydrogens (tertiary/aromatic N) is 2. The van der Waals surface area contributed by atoms with Crippen LogP contribution in [0.2, 0.25) is 10.0 Å². The van der Waals surface area contributed by atoms with E-state index < -0.39 is 0 Å². The van der Waals surface area contributed by atoms with Crippen molar-refractivity contribution in [3.63, 3.8) is 0 Å². The van der Waals surface area contributed by atoms with Crippen LogP contribution >= 0.6 is 35.6 Å². The molecule has 0 aliphatic carbocycles. The summed E-state index contributed by atoms with van der Waals surface area (Å²) >= 11 is 12.0. The van der Waals surface area contributed by atoms with Crippen LogP contribution in [-0.4, -0.2) is 68.3 Å². The zero-order valence-electron chi connectivity index (χ0n) is 19.2. The third-order valence-electron chi connectivity index (χ3n) is 5.88. The fourth-order valence-electron chi connectivity index (χ4n) is 3.98. The lowest BCUT2D eigenvalue weighted by molar-refractivity contribution is -0.130. The van der Waals surface area contributed by atoms with Gasteiger partial charge in [0.05, 0.1) is 30.7 Å². The Morgan fingerprint density at radius 2 is 1.64 bits per heavy atom. The number of halogens is 3. The number of fused-ring (bicyclic) bond motifs is 1. The van der Waals surface area contributed by atoms with Crippen molar-refractivity contribution in [2.75, 3.05) is 47.4 Å². The third-order valence-corrected chi connectivity index (χ3v) is 6.45. The monoisotopic (exact) mass is 516 g/mol. The summed E-state index contributed by atoms with van der Waals surface area (Å²) < 4.78 is 10.8. The molecule has 2 aromatic carbocycles. The number of carbonyl (C=O) groups is 1. The number of aromatic hydroxyl groups is 1. The molecule has 0 aromatic heterocycles. The molecule has 0 saturated carbocycles. The highest BCUT2D eigenvalue weighted by Crippen LogP contribution is 2.33. The normalized spacial score (nSPS) is 13.4. The third kappa shape index (κ3) is 7.06. The molecular formula is C24H31Cl3N2O4. The number of rotatable bonds is 9. The van der Waals surface area contributed by atoms with Crippen molar-refractivity contribution in [3.05, 3.63) is 51.0 Å². The van der Waals surface area contributed by atoms with Gasteiger partial charge < -0.3 is 24.4 Å². The zero-order chi connectivity index (χ0) is 23.3. The van der Waals surface area contributed by atoms with Crippen LogP contribution in [0.1, 0.15) is 23.1 Å². The molecule has 33 heavy (non-hydrogen) atoms. The largest absolute Gasteiger partial charge is 0.505 e. The van der Waals surface area contributed by atoms with Crippen molar-refractivity contribution in [3.8, 4) is 17.2 Å². The summed E-state index contributed by atoms with van der Waals surface area (Å²) in [6.07, 6.45) is 2.85. The highest BCUT2D eigenvalue weighted by Gasteiger charge is 2.22. The van der Waals surface area contributed by atoms with Crippen molar-refractivity contribution in [2.45, 2.75) is 25.7 Å². The average Bonchev–Trinajstić information content (AvgIpc) is 2.92. The highest BCUT2D eigenvalue weighted by molar-refractivity contribution is 6.37. The first-order valence-electron chi connectivity index (χ1n) is 10.7. The average molecular weight is 518 g/mol. The smallest absolute Gasteiger partial charge is 0.227 e. The van der Waals surface area contributed by atoms with E-state index in [9.17, 15) is 9.90 Å². The maximum absolute atomic E-state index is 12.8. The van der Waals surface area contributed by atoms with Gasteiger partial charge in [0, 0.05) is 19.6 Å². The summed E-state index contributed by atoms with van der Waals surface area (Å²) in [5, 5.41) is 10.2. The molecule has 0 unspecified atom stereocenters. The lowest BCUT2D eigenvalue weighted by Crippen LogP contribution is -2.35. The van der Waals surface area contributed by atoms with E-state index in [1.165, 1.54) is 0 Å². The zero-order valence-corrected chi connectivity index (χ0v) is 21.5. The molecule has 182 valence electrons. The molecule has 6 nitrogen and oxygen atoms in total. The maximum atomic E-state index is 12.8. The van der Waals surface area contributed by atoms with E-state index >= 15 is 0 Å². The SMILES string of the molecule is COc1cc2c(cc1OC)CC(=O)N(CCCN(C)CCc1cc(Cl)c(O)c(Cl)c1)CC2.Cl. The molecule has 0 atom stereocenters. The second-order valence-corrected chi connectivity index (χ2v) is 8.91. The molecular weight excluding hydrogens is 487 g/mol. The Kier molecular flexibility index (Phi) is 10.4. The molecule has 1 amide bonds. The fourth-order valence-corrected chi connectivity index (χ4v) is 4.51. The van der Waals surface area contributed by atoms with E-state index in [4.69, 9.17) is 32.7 Å². The van der Waals surface area contributed by atoms with E-state index in [0.29, 0.717) is 24.5 Å². The molecule has 1 heterocycles. The van der Waals surface area contributed by atoms with Gasteiger partial charge in [-0.3, -0.25) is 4.79 Å². The van der Waals surface area contributed by atoms with Crippen LogP contribution in [-0.2, 0) is 24.1 Å². The Labute approximate surface area is 211 Å². The minimum atomic E-state index is -0.0772. The molecule has 1 N–H and O–H groups in total. The molecule has 0 fully saturated rings.